The molecule has 30 heavy (non-hydrogen) atoms. The van der Waals surface area contributed by atoms with Crippen LogP contribution in [0.2, 0.25) is 0 Å². The number of carbonyl (C=O) groups excluding carboxylic acids is 2. The summed E-state index contributed by atoms with van der Waals surface area (Å²) in [7, 11) is 0. The number of hydrogen-bond acceptors (Lipinski definition) is 5. The molecule has 0 aromatic heterocycles. The van der Waals surface area contributed by atoms with E-state index in [0.29, 0.717) is 27.1 Å². The third kappa shape index (κ3) is 5.07. The van der Waals surface area contributed by atoms with E-state index < -0.39 is 5.97 Å². The molecule has 0 radical (unpaired) electrons. The van der Waals surface area contributed by atoms with Crippen LogP contribution in [0.25, 0.3) is 6.08 Å². The standard InChI is InChI=1S/C24H23NO3S2/c1-5-13-25-21(26)20(30-23(25)29)15-16-7-6-8-19(14-16)28-22(27)17-9-11-18(12-10-17)24(2,3)4/h5-12,14-15H,1,13H2,2-4H3/b20-15-. The van der Waals surface area contributed by atoms with E-state index >= 15 is 0 Å². The van der Waals surface area contributed by atoms with Gasteiger partial charge >= 0.3 is 5.97 Å². The molecule has 6 heteroatoms. The van der Waals surface area contributed by atoms with Gasteiger partial charge in [-0.1, -0.05) is 75.1 Å². The second kappa shape index (κ2) is 8.98. The van der Waals surface area contributed by atoms with Crippen molar-refractivity contribution in [1.82, 2.24) is 4.90 Å². The predicted molar refractivity (Wildman–Crippen MR) is 127 cm³/mol. The van der Waals surface area contributed by atoms with Crippen molar-refractivity contribution in [3.63, 3.8) is 0 Å². The predicted octanol–water partition coefficient (Wildman–Crippen LogP) is 5.59. The molecule has 0 N–H and O–H groups in total. The molecule has 0 spiro atoms. The maximum absolute atomic E-state index is 12.5. The van der Waals surface area contributed by atoms with Crippen LogP contribution in [0.15, 0.2) is 66.1 Å². The molecule has 1 aliphatic heterocycles. The summed E-state index contributed by atoms with van der Waals surface area (Å²) in [5.41, 5.74) is 2.40. The van der Waals surface area contributed by atoms with Crippen LogP contribution in [-0.4, -0.2) is 27.6 Å². The number of amides is 1. The monoisotopic (exact) mass is 437 g/mol. The largest absolute Gasteiger partial charge is 0.423 e. The molecule has 0 bridgehead atoms. The average Bonchev–Trinajstić information content (AvgIpc) is 2.95. The van der Waals surface area contributed by atoms with Crippen molar-refractivity contribution in [2.75, 3.05) is 6.54 Å². The lowest BCUT2D eigenvalue weighted by atomic mass is 9.87. The van der Waals surface area contributed by atoms with Crippen LogP contribution in [0.4, 0.5) is 0 Å². The molecule has 1 aliphatic rings. The molecule has 1 heterocycles. The van der Waals surface area contributed by atoms with Crippen molar-refractivity contribution in [3.8, 4) is 5.75 Å². The van der Waals surface area contributed by atoms with E-state index in [2.05, 4.69) is 27.4 Å². The van der Waals surface area contributed by atoms with Gasteiger partial charge in [-0.05, 0) is 46.9 Å². The van der Waals surface area contributed by atoms with Gasteiger partial charge in [-0.2, -0.15) is 0 Å². The Morgan fingerprint density at radius 2 is 1.90 bits per heavy atom. The Hall–Kier alpha value is -2.70. The summed E-state index contributed by atoms with van der Waals surface area (Å²) in [5.74, 6) is -0.161. The number of thioether (sulfide) groups is 1. The summed E-state index contributed by atoms with van der Waals surface area (Å²) < 4.78 is 6.04. The third-order valence-electron chi connectivity index (χ3n) is 4.54. The Morgan fingerprint density at radius 3 is 2.53 bits per heavy atom. The second-order valence-electron chi connectivity index (χ2n) is 7.87. The molecule has 1 saturated heterocycles. The maximum atomic E-state index is 12.5. The quantitative estimate of drug-likeness (QED) is 0.201. The van der Waals surface area contributed by atoms with E-state index in [9.17, 15) is 9.59 Å². The first kappa shape index (κ1) is 22.0. The highest BCUT2D eigenvalue weighted by Gasteiger charge is 2.30. The molecule has 3 rings (SSSR count). The van der Waals surface area contributed by atoms with Crippen molar-refractivity contribution < 1.29 is 14.3 Å². The molecule has 2 aromatic carbocycles. The van der Waals surface area contributed by atoms with Gasteiger partial charge in [0.25, 0.3) is 5.91 Å². The first-order valence-electron chi connectivity index (χ1n) is 9.48. The number of esters is 1. The molecule has 4 nitrogen and oxygen atoms in total. The highest BCUT2D eigenvalue weighted by atomic mass is 32.2. The van der Waals surface area contributed by atoms with Gasteiger partial charge in [0.1, 0.15) is 10.1 Å². The van der Waals surface area contributed by atoms with Gasteiger partial charge in [-0.15, -0.1) is 6.58 Å². The van der Waals surface area contributed by atoms with Gasteiger partial charge in [0.05, 0.1) is 10.5 Å². The van der Waals surface area contributed by atoms with Crippen LogP contribution >= 0.6 is 24.0 Å². The lowest BCUT2D eigenvalue weighted by Crippen LogP contribution is -2.27. The summed E-state index contributed by atoms with van der Waals surface area (Å²) >= 11 is 6.51. The summed E-state index contributed by atoms with van der Waals surface area (Å²) in [4.78, 5) is 27.0. The Kier molecular flexibility index (Phi) is 6.58. The fourth-order valence-corrected chi connectivity index (χ4v) is 4.15. The van der Waals surface area contributed by atoms with Crippen LogP contribution in [-0.2, 0) is 10.2 Å². The van der Waals surface area contributed by atoms with Crippen molar-refractivity contribution in [3.05, 3.63) is 82.8 Å². The first-order chi connectivity index (χ1) is 14.2. The molecule has 1 fully saturated rings. The number of rotatable bonds is 5. The fraction of sp³-hybridized carbons (Fsp3) is 0.208. The van der Waals surface area contributed by atoms with Crippen molar-refractivity contribution in [2.24, 2.45) is 0 Å². The zero-order valence-corrected chi connectivity index (χ0v) is 18.8. The average molecular weight is 438 g/mol. The summed E-state index contributed by atoms with van der Waals surface area (Å²) in [6, 6.07) is 14.5. The van der Waals surface area contributed by atoms with E-state index in [-0.39, 0.29) is 11.3 Å². The minimum absolute atomic E-state index is 0.0174. The number of benzene rings is 2. The number of carbonyl (C=O) groups is 2. The van der Waals surface area contributed by atoms with Crippen molar-refractivity contribution in [2.45, 2.75) is 26.2 Å². The SMILES string of the molecule is C=CCN1C(=O)/C(=C/c2cccc(OC(=O)c3ccc(C(C)(C)C)cc3)c2)SC1=S. The van der Waals surface area contributed by atoms with E-state index in [4.69, 9.17) is 17.0 Å². The Bertz CT molecular complexity index is 1030. The molecular weight excluding hydrogens is 414 g/mol. The minimum atomic E-state index is -0.426. The number of hydrogen-bond donors (Lipinski definition) is 0. The van der Waals surface area contributed by atoms with E-state index in [0.717, 1.165) is 11.1 Å². The van der Waals surface area contributed by atoms with Crippen molar-refractivity contribution in [1.29, 1.82) is 0 Å². The summed E-state index contributed by atoms with van der Waals surface area (Å²) in [5, 5.41) is 0. The van der Waals surface area contributed by atoms with Crippen LogP contribution in [0.5, 0.6) is 5.75 Å². The van der Waals surface area contributed by atoms with Crippen LogP contribution < -0.4 is 4.74 Å². The molecule has 0 unspecified atom stereocenters. The van der Waals surface area contributed by atoms with Gasteiger partial charge in [-0.25, -0.2) is 4.79 Å². The topological polar surface area (TPSA) is 46.6 Å². The molecule has 154 valence electrons. The summed E-state index contributed by atoms with van der Waals surface area (Å²) in [6.45, 7) is 10.4. The first-order valence-corrected chi connectivity index (χ1v) is 10.7. The molecule has 0 aliphatic carbocycles. The highest BCUT2D eigenvalue weighted by molar-refractivity contribution is 8.26. The van der Waals surface area contributed by atoms with E-state index in [1.807, 2.05) is 18.2 Å². The smallest absolute Gasteiger partial charge is 0.343 e. The van der Waals surface area contributed by atoms with Gasteiger partial charge in [0.2, 0.25) is 0 Å². The number of nitrogens with zero attached hydrogens (tertiary/aromatic N) is 1. The molecule has 0 saturated carbocycles. The van der Waals surface area contributed by atoms with Crippen LogP contribution in [0.3, 0.4) is 0 Å². The number of thiocarbonyl (C=S) groups is 1. The Labute approximate surface area is 186 Å². The maximum Gasteiger partial charge on any atom is 0.343 e. The Morgan fingerprint density at radius 1 is 1.20 bits per heavy atom. The zero-order valence-electron chi connectivity index (χ0n) is 17.2. The zero-order chi connectivity index (χ0) is 21.9. The van der Waals surface area contributed by atoms with Gasteiger partial charge in [0, 0.05) is 6.54 Å². The van der Waals surface area contributed by atoms with E-state index in [1.165, 1.54) is 16.7 Å². The molecular formula is C24H23NO3S2. The molecule has 2 aromatic rings. The second-order valence-corrected chi connectivity index (χ2v) is 9.55. The lowest BCUT2D eigenvalue weighted by molar-refractivity contribution is -0.121. The fourth-order valence-electron chi connectivity index (χ4n) is 2.88. The molecule has 1 amide bonds. The van der Waals surface area contributed by atoms with Crippen LogP contribution in [0.1, 0.15) is 42.3 Å². The Balaban J connectivity index is 1.74. The van der Waals surface area contributed by atoms with Gasteiger partial charge < -0.3 is 4.74 Å². The van der Waals surface area contributed by atoms with E-state index in [1.54, 1.807) is 42.5 Å². The minimum Gasteiger partial charge on any atom is -0.423 e. The van der Waals surface area contributed by atoms with Gasteiger partial charge in [0.15, 0.2) is 0 Å². The summed E-state index contributed by atoms with van der Waals surface area (Å²) in [6.07, 6.45) is 3.39. The number of ether oxygens (including phenoxy) is 1. The third-order valence-corrected chi connectivity index (χ3v) is 5.92. The van der Waals surface area contributed by atoms with Gasteiger partial charge in [-0.3, -0.25) is 9.69 Å². The normalized spacial score (nSPS) is 15.6. The van der Waals surface area contributed by atoms with Crippen molar-refractivity contribution >= 4 is 46.3 Å². The lowest BCUT2D eigenvalue weighted by Gasteiger charge is -2.18. The molecule has 0 atom stereocenters. The van der Waals surface area contributed by atoms with Crippen LogP contribution in [0, 0.1) is 0 Å². The highest BCUT2D eigenvalue weighted by Crippen LogP contribution is 2.33.